The first kappa shape index (κ1) is 10.1. The Hall–Kier alpha value is -1.41. The number of furan rings is 1. The van der Waals surface area contributed by atoms with Crippen LogP contribution in [0.1, 0.15) is 5.56 Å². The van der Waals surface area contributed by atoms with Crippen LogP contribution in [0.15, 0.2) is 69.7 Å². The zero-order chi connectivity index (χ0) is 10.5. The molecule has 0 aliphatic rings. The van der Waals surface area contributed by atoms with E-state index < -0.39 is 0 Å². The minimum atomic E-state index is 0.853. The van der Waals surface area contributed by atoms with Crippen molar-refractivity contribution in [3.63, 3.8) is 0 Å². The van der Waals surface area contributed by atoms with E-state index in [0.29, 0.717) is 0 Å². The lowest BCUT2D eigenvalue weighted by atomic mass is 10.2. The highest BCUT2D eigenvalue weighted by Gasteiger charge is 2.06. The van der Waals surface area contributed by atoms with Crippen molar-refractivity contribution >= 4 is 11.8 Å². The van der Waals surface area contributed by atoms with Gasteiger partial charge in [-0.3, -0.25) is 0 Å². The molecule has 1 aromatic heterocycles. The normalized spacial score (nSPS) is 10.1. The summed E-state index contributed by atoms with van der Waals surface area (Å²) in [5.41, 5.74) is 1.19. The van der Waals surface area contributed by atoms with Crippen molar-refractivity contribution in [3.8, 4) is 0 Å². The summed E-state index contributed by atoms with van der Waals surface area (Å²) < 4.78 is 5.44. The highest BCUT2D eigenvalue weighted by molar-refractivity contribution is 7.99. The molecule has 0 aliphatic heterocycles. The molecule has 0 atom stereocenters. The number of hydrogen-bond donors (Lipinski definition) is 0. The first-order chi connectivity index (χ1) is 7.40. The summed E-state index contributed by atoms with van der Waals surface area (Å²) in [6.07, 6.45) is 4.47. The SMILES string of the molecule is C=CCc1ccoc1Sc1ccccc1. The van der Waals surface area contributed by atoms with Crippen LogP contribution in [0.3, 0.4) is 0 Å². The fourth-order valence-electron chi connectivity index (χ4n) is 1.31. The smallest absolute Gasteiger partial charge is 0.168 e. The molecule has 1 nitrogen and oxygen atoms in total. The number of rotatable bonds is 4. The fourth-order valence-corrected chi connectivity index (χ4v) is 2.21. The van der Waals surface area contributed by atoms with Gasteiger partial charge in [-0.05, 0) is 24.6 Å². The Morgan fingerprint density at radius 1 is 1.20 bits per heavy atom. The molecule has 15 heavy (non-hydrogen) atoms. The Morgan fingerprint density at radius 2 is 2.00 bits per heavy atom. The Kier molecular flexibility index (Phi) is 3.30. The van der Waals surface area contributed by atoms with Crippen molar-refractivity contribution in [1.82, 2.24) is 0 Å². The Balaban J connectivity index is 2.17. The number of benzene rings is 1. The van der Waals surface area contributed by atoms with Crippen LogP contribution < -0.4 is 0 Å². The summed E-state index contributed by atoms with van der Waals surface area (Å²) in [5, 5.41) is 0.959. The van der Waals surface area contributed by atoms with E-state index in [4.69, 9.17) is 4.42 Å². The maximum atomic E-state index is 5.44. The first-order valence-electron chi connectivity index (χ1n) is 4.80. The third-order valence-electron chi connectivity index (χ3n) is 2.02. The van der Waals surface area contributed by atoms with Gasteiger partial charge in [-0.1, -0.05) is 36.0 Å². The molecule has 2 aromatic rings. The van der Waals surface area contributed by atoms with Crippen LogP contribution in [0.5, 0.6) is 0 Å². The van der Waals surface area contributed by atoms with E-state index in [0.717, 1.165) is 11.5 Å². The second kappa shape index (κ2) is 4.89. The van der Waals surface area contributed by atoms with E-state index in [9.17, 15) is 0 Å². The molecule has 0 radical (unpaired) electrons. The van der Waals surface area contributed by atoms with Gasteiger partial charge in [-0.2, -0.15) is 0 Å². The lowest BCUT2D eigenvalue weighted by Crippen LogP contribution is -1.79. The molecule has 0 spiro atoms. The molecule has 76 valence electrons. The van der Waals surface area contributed by atoms with E-state index in [-0.39, 0.29) is 0 Å². The Bertz CT molecular complexity index is 431. The topological polar surface area (TPSA) is 13.1 Å². The average Bonchev–Trinajstić information content (AvgIpc) is 2.68. The molecule has 0 N–H and O–H groups in total. The van der Waals surface area contributed by atoms with Gasteiger partial charge in [-0.15, -0.1) is 6.58 Å². The second-order valence-electron chi connectivity index (χ2n) is 3.14. The minimum absolute atomic E-state index is 0.853. The summed E-state index contributed by atoms with van der Waals surface area (Å²) in [6, 6.07) is 12.2. The van der Waals surface area contributed by atoms with Crippen LogP contribution in [0.2, 0.25) is 0 Å². The van der Waals surface area contributed by atoms with Gasteiger partial charge in [0.25, 0.3) is 0 Å². The maximum absolute atomic E-state index is 5.44. The minimum Gasteiger partial charge on any atom is -0.457 e. The van der Waals surface area contributed by atoms with Crippen LogP contribution >= 0.6 is 11.8 Å². The van der Waals surface area contributed by atoms with Gasteiger partial charge in [0.15, 0.2) is 5.09 Å². The van der Waals surface area contributed by atoms with Crippen molar-refractivity contribution in [3.05, 3.63) is 60.9 Å². The van der Waals surface area contributed by atoms with E-state index in [2.05, 4.69) is 18.7 Å². The summed E-state index contributed by atoms with van der Waals surface area (Å²) >= 11 is 1.65. The third-order valence-corrected chi connectivity index (χ3v) is 3.08. The lowest BCUT2D eigenvalue weighted by Gasteiger charge is -1.99. The molecule has 0 unspecified atom stereocenters. The standard InChI is InChI=1S/C13H12OS/c1-2-6-11-9-10-14-13(11)15-12-7-4-3-5-8-12/h2-5,7-10H,1,6H2. The van der Waals surface area contributed by atoms with E-state index >= 15 is 0 Å². The van der Waals surface area contributed by atoms with Crippen molar-refractivity contribution in [2.24, 2.45) is 0 Å². The zero-order valence-electron chi connectivity index (χ0n) is 8.35. The molecule has 2 heteroatoms. The summed E-state index contributed by atoms with van der Waals surface area (Å²) in [5.74, 6) is 0. The third kappa shape index (κ3) is 2.54. The van der Waals surface area contributed by atoms with Gasteiger partial charge in [-0.25, -0.2) is 0 Å². The van der Waals surface area contributed by atoms with Crippen LogP contribution in [-0.4, -0.2) is 0 Å². The lowest BCUT2D eigenvalue weighted by molar-refractivity contribution is 0.469. The molecule has 2 rings (SSSR count). The summed E-state index contributed by atoms with van der Waals surface area (Å²) in [7, 11) is 0. The van der Waals surface area contributed by atoms with Crippen LogP contribution in [0.25, 0.3) is 0 Å². The van der Waals surface area contributed by atoms with Gasteiger partial charge in [0.1, 0.15) is 0 Å². The molecule has 0 saturated heterocycles. The molecule has 0 aliphatic carbocycles. The quantitative estimate of drug-likeness (QED) is 0.712. The second-order valence-corrected chi connectivity index (χ2v) is 4.19. The monoisotopic (exact) mass is 216 g/mol. The van der Waals surface area contributed by atoms with Crippen molar-refractivity contribution in [2.45, 2.75) is 16.4 Å². The molecular formula is C13H12OS. The summed E-state index contributed by atoms with van der Waals surface area (Å²) in [6.45, 7) is 3.73. The molecule has 0 saturated carbocycles. The molecule has 1 heterocycles. The fraction of sp³-hybridized carbons (Fsp3) is 0.0769. The van der Waals surface area contributed by atoms with Gasteiger partial charge >= 0.3 is 0 Å². The number of hydrogen-bond acceptors (Lipinski definition) is 2. The Morgan fingerprint density at radius 3 is 2.73 bits per heavy atom. The maximum Gasteiger partial charge on any atom is 0.168 e. The van der Waals surface area contributed by atoms with Gasteiger partial charge < -0.3 is 4.42 Å². The highest BCUT2D eigenvalue weighted by Crippen LogP contribution is 2.31. The van der Waals surface area contributed by atoms with Crippen LogP contribution in [0.4, 0.5) is 0 Å². The summed E-state index contributed by atoms with van der Waals surface area (Å²) in [4.78, 5) is 1.19. The molecule has 0 fully saturated rings. The van der Waals surface area contributed by atoms with Crippen molar-refractivity contribution in [1.29, 1.82) is 0 Å². The highest BCUT2D eigenvalue weighted by atomic mass is 32.2. The molecular weight excluding hydrogens is 204 g/mol. The Labute approximate surface area is 93.8 Å². The van der Waals surface area contributed by atoms with Gasteiger partial charge in [0.2, 0.25) is 0 Å². The number of allylic oxidation sites excluding steroid dienone is 1. The largest absolute Gasteiger partial charge is 0.457 e. The van der Waals surface area contributed by atoms with E-state index in [1.165, 1.54) is 10.5 Å². The zero-order valence-corrected chi connectivity index (χ0v) is 9.17. The molecule has 0 amide bonds. The van der Waals surface area contributed by atoms with Gasteiger partial charge in [0.05, 0.1) is 6.26 Å². The molecule has 1 aromatic carbocycles. The first-order valence-corrected chi connectivity index (χ1v) is 5.62. The van der Waals surface area contributed by atoms with Gasteiger partial charge in [0, 0.05) is 10.5 Å². The van der Waals surface area contributed by atoms with E-state index in [1.54, 1.807) is 18.0 Å². The van der Waals surface area contributed by atoms with Crippen molar-refractivity contribution < 1.29 is 4.42 Å². The average molecular weight is 216 g/mol. The van der Waals surface area contributed by atoms with Crippen LogP contribution in [-0.2, 0) is 6.42 Å². The van der Waals surface area contributed by atoms with Crippen LogP contribution in [0, 0.1) is 0 Å². The predicted octanol–water partition coefficient (Wildman–Crippen LogP) is 4.16. The van der Waals surface area contributed by atoms with Crippen molar-refractivity contribution in [2.75, 3.05) is 0 Å². The molecule has 0 bridgehead atoms. The predicted molar refractivity (Wildman–Crippen MR) is 63.2 cm³/mol. The van der Waals surface area contributed by atoms with E-state index in [1.807, 2.05) is 30.3 Å².